The van der Waals surface area contributed by atoms with Crippen LogP contribution in [0.4, 0.5) is 9.52 Å². The number of hydrogen-bond donors (Lipinski definition) is 2. The molecule has 1 aromatic heterocycles. The molecule has 0 fully saturated rings. The van der Waals surface area contributed by atoms with Crippen molar-refractivity contribution in [3.8, 4) is 0 Å². The minimum Gasteiger partial charge on any atom is -0.375 e. The maximum Gasteiger partial charge on any atom is 0.256 e. The van der Waals surface area contributed by atoms with E-state index in [2.05, 4.69) is 10.3 Å². The molecular formula is C14H13ClFN3OS. The Balaban J connectivity index is 1.74. The summed E-state index contributed by atoms with van der Waals surface area (Å²) < 4.78 is 13.7. The van der Waals surface area contributed by atoms with Crippen LogP contribution in [0.5, 0.6) is 0 Å². The van der Waals surface area contributed by atoms with E-state index in [0.29, 0.717) is 11.6 Å². The number of amides is 1. The van der Waals surface area contributed by atoms with Crippen LogP contribution in [-0.4, -0.2) is 16.9 Å². The number of nitrogens with two attached hydrogens (primary N) is 1. The second-order valence-electron chi connectivity index (χ2n) is 4.93. The van der Waals surface area contributed by atoms with Crippen molar-refractivity contribution in [1.82, 2.24) is 10.3 Å². The quantitative estimate of drug-likeness (QED) is 0.892. The van der Waals surface area contributed by atoms with Crippen LogP contribution in [-0.2, 0) is 12.8 Å². The first-order valence-corrected chi connectivity index (χ1v) is 7.73. The third-order valence-electron chi connectivity index (χ3n) is 3.48. The van der Waals surface area contributed by atoms with Gasteiger partial charge in [0.2, 0.25) is 0 Å². The topological polar surface area (TPSA) is 68.0 Å². The first-order chi connectivity index (χ1) is 10.0. The number of thiazole rings is 1. The molecule has 1 unspecified atom stereocenters. The summed E-state index contributed by atoms with van der Waals surface area (Å²) in [4.78, 5) is 17.5. The molecule has 0 bridgehead atoms. The Kier molecular flexibility index (Phi) is 3.82. The van der Waals surface area contributed by atoms with Gasteiger partial charge in [-0.25, -0.2) is 9.37 Å². The fraction of sp³-hybridized carbons (Fsp3) is 0.286. The second-order valence-corrected chi connectivity index (χ2v) is 6.45. The molecule has 1 aliphatic carbocycles. The molecule has 7 heteroatoms. The molecule has 0 radical (unpaired) electrons. The van der Waals surface area contributed by atoms with Crippen LogP contribution in [0, 0.1) is 5.82 Å². The Morgan fingerprint density at radius 3 is 3.10 bits per heavy atom. The fourth-order valence-electron chi connectivity index (χ4n) is 2.49. The van der Waals surface area contributed by atoms with Crippen molar-refractivity contribution in [3.63, 3.8) is 0 Å². The lowest BCUT2D eigenvalue weighted by Gasteiger charge is -2.22. The predicted molar refractivity (Wildman–Crippen MR) is 81.2 cm³/mol. The third kappa shape index (κ3) is 2.87. The Morgan fingerprint density at radius 1 is 1.52 bits per heavy atom. The van der Waals surface area contributed by atoms with Crippen LogP contribution in [0.1, 0.15) is 27.3 Å². The van der Waals surface area contributed by atoms with Crippen molar-refractivity contribution in [2.24, 2.45) is 0 Å². The molecule has 21 heavy (non-hydrogen) atoms. The number of nitrogen functional groups attached to an aromatic ring is 1. The third-order valence-corrected chi connectivity index (χ3v) is 4.75. The summed E-state index contributed by atoms with van der Waals surface area (Å²) in [5, 5.41) is 3.50. The number of nitrogens with one attached hydrogen (secondary N) is 1. The van der Waals surface area contributed by atoms with Crippen LogP contribution < -0.4 is 11.1 Å². The van der Waals surface area contributed by atoms with Gasteiger partial charge >= 0.3 is 0 Å². The van der Waals surface area contributed by atoms with E-state index in [1.165, 1.54) is 29.5 Å². The number of anilines is 1. The molecule has 0 aliphatic heterocycles. The van der Waals surface area contributed by atoms with E-state index < -0.39 is 11.7 Å². The van der Waals surface area contributed by atoms with Gasteiger partial charge < -0.3 is 11.1 Å². The van der Waals surface area contributed by atoms with Gasteiger partial charge in [-0.15, -0.1) is 11.3 Å². The number of benzene rings is 1. The number of rotatable bonds is 2. The number of fused-ring (bicyclic) bond motifs is 1. The normalized spacial score (nSPS) is 17.3. The average Bonchev–Trinajstić information content (AvgIpc) is 2.77. The molecule has 4 nitrogen and oxygen atoms in total. The molecule has 3 N–H and O–H groups in total. The summed E-state index contributed by atoms with van der Waals surface area (Å²) in [6.45, 7) is 0. The van der Waals surface area contributed by atoms with Crippen LogP contribution in [0.3, 0.4) is 0 Å². The van der Waals surface area contributed by atoms with Crippen molar-refractivity contribution >= 4 is 34.0 Å². The predicted octanol–water partition coefficient (Wildman–Crippen LogP) is 2.81. The van der Waals surface area contributed by atoms with Gasteiger partial charge in [0.15, 0.2) is 5.13 Å². The Hall–Kier alpha value is -1.66. The van der Waals surface area contributed by atoms with Gasteiger partial charge in [-0.1, -0.05) is 17.7 Å². The highest BCUT2D eigenvalue weighted by molar-refractivity contribution is 7.15. The van der Waals surface area contributed by atoms with Gasteiger partial charge in [0.1, 0.15) is 5.82 Å². The van der Waals surface area contributed by atoms with Crippen molar-refractivity contribution in [3.05, 3.63) is 45.2 Å². The number of carbonyl (C=O) groups is 1. The Morgan fingerprint density at radius 2 is 2.33 bits per heavy atom. The lowest BCUT2D eigenvalue weighted by atomic mass is 9.97. The zero-order valence-electron chi connectivity index (χ0n) is 11.0. The number of nitrogens with zero attached hydrogens (tertiary/aromatic N) is 1. The molecule has 1 atom stereocenters. The highest BCUT2D eigenvalue weighted by Crippen LogP contribution is 2.28. The highest BCUT2D eigenvalue weighted by Gasteiger charge is 2.25. The second kappa shape index (κ2) is 5.61. The van der Waals surface area contributed by atoms with Crippen molar-refractivity contribution in [2.75, 3.05) is 5.73 Å². The van der Waals surface area contributed by atoms with Crippen LogP contribution >= 0.6 is 22.9 Å². The van der Waals surface area contributed by atoms with E-state index in [-0.39, 0.29) is 16.6 Å². The van der Waals surface area contributed by atoms with Crippen molar-refractivity contribution in [2.45, 2.75) is 25.3 Å². The van der Waals surface area contributed by atoms with Crippen LogP contribution in [0.15, 0.2) is 18.2 Å². The first-order valence-electron chi connectivity index (χ1n) is 6.53. The lowest BCUT2D eigenvalue weighted by Crippen LogP contribution is -2.39. The summed E-state index contributed by atoms with van der Waals surface area (Å²) >= 11 is 7.34. The van der Waals surface area contributed by atoms with Gasteiger partial charge in [-0.3, -0.25) is 4.79 Å². The van der Waals surface area contributed by atoms with E-state index in [0.717, 1.165) is 23.4 Å². The zero-order chi connectivity index (χ0) is 15.0. The Labute approximate surface area is 130 Å². The van der Waals surface area contributed by atoms with Gasteiger partial charge in [0, 0.05) is 17.3 Å². The summed E-state index contributed by atoms with van der Waals surface area (Å²) in [5.41, 5.74) is 6.59. The van der Waals surface area contributed by atoms with E-state index in [1.807, 2.05) is 0 Å². The van der Waals surface area contributed by atoms with Gasteiger partial charge in [0.05, 0.1) is 16.3 Å². The minimum atomic E-state index is -0.612. The smallest absolute Gasteiger partial charge is 0.256 e. The van der Waals surface area contributed by atoms with Crippen LogP contribution in [0.25, 0.3) is 0 Å². The number of hydrogen-bond acceptors (Lipinski definition) is 4. The monoisotopic (exact) mass is 325 g/mol. The van der Waals surface area contributed by atoms with Gasteiger partial charge in [-0.2, -0.15) is 0 Å². The number of aryl methyl sites for hydroxylation is 1. The summed E-state index contributed by atoms with van der Waals surface area (Å²) in [6.07, 6.45) is 2.19. The van der Waals surface area contributed by atoms with E-state index in [1.54, 1.807) is 0 Å². The molecule has 0 saturated heterocycles. The lowest BCUT2D eigenvalue weighted by molar-refractivity contribution is 0.0930. The standard InChI is InChI=1S/C14H13ClFN3OS/c15-8-2-1-3-9(16)12(8)13(20)18-7-4-5-10-11(6-7)21-14(17)19-10/h1-3,7H,4-6H2,(H2,17,19)(H,18,20). The molecule has 110 valence electrons. The minimum absolute atomic E-state index is 0.0551. The maximum absolute atomic E-state index is 13.7. The summed E-state index contributed by atoms with van der Waals surface area (Å²) in [5.74, 6) is -1.09. The molecule has 2 aromatic rings. The van der Waals surface area contributed by atoms with Crippen molar-refractivity contribution < 1.29 is 9.18 Å². The van der Waals surface area contributed by atoms with Crippen LogP contribution in [0.2, 0.25) is 5.02 Å². The van der Waals surface area contributed by atoms with E-state index >= 15 is 0 Å². The van der Waals surface area contributed by atoms with E-state index in [4.69, 9.17) is 17.3 Å². The summed E-state index contributed by atoms with van der Waals surface area (Å²) in [6, 6.07) is 4.15. The molecular weight excluding hydrogens is 313 g/mol. The number of halogens is 2. The molecule has 0 saturated carbocycles. The largest absolute Gasteiger partial charge is 0.375 e. The SMILES string of the molecule is Nc1nc2c(s1)CC(NC(=O)c1c(F)cccc1Cl)CC2. The molecule has 0 spiro atoms. The van der Waals surface area contributed by atoms with Gasteiger partial charge in [0.25, 0.3) is 5.91 Å². The highest BCUT2D eigenvalue weighted by atomic mass is 35.5. The molecule has 1 heterocycles. The molecule has 1 aliphatic rings. The van der Waals surface area contributed by atoms with Crippen molar-refractivity contribution in [1.29, 1.82) is 0 Å². The van der Waals surface area contributed by atoms with Gasteiger partial charge in [-0.05, 0) is 25.0 Å². The average molecular weight is 326 g/mol. The molecule has 1 aromatic carbocycles. The number of aromatic nitrogens is 1. The summed E-state index contributed by atoms with van der Waals surface area (Å²) in [7, 11) is 0. The Bertz CT molecular complexity index is 683. The fourth-order valence-corrected chi connectivity index (χ4v) is 3.70. The zero-order valence-corrected chi connectivity index (χ0v) is 12.6. The maximum atomic E-state index is 13.7. The van der Waals surface area contributed by atoms with E-state index in [9.17, 15) is 9.18 Å². The molecule has 1 amide bonds. The first kappa shape index (κ1) is 14.3. The number of carbonyl (C=O) groups excluding carboxylic acids is 1. The molecule has 3 rings (SSSR count).